The number of rotatable bonds is 6. The van der Waals surface area contributed by atoms with Gasteiger partial charge in [0.15, 0.2) is 0 Å². The van der Waals surface area contributed by atoms with Crippen molar-refractivity contribution in [1.29, 1.82) is 0 Å². The number of ether oxygens (including phenoxy) is 1. The summed E-state index contributed by atoms with van der Waals surface area (Å²) in [5, 5.41) is 5.51. The smallest absolute Gasteiger partial charge is 0.411 e. The van der Waals surface area contributed by atoms with Gasteiger partial charge in [0.05, 0.1) is 6.61 Å². The van der Waals surface area contributed by atoms with Crippen molar-refractivity contribution in [2.24, 2.45) is 0 Å². The first-order valence-corrected chi connectivity index (χ1v) is 7.97. The fraction of sp³-hybridized carbons (Fsp3) is 0.263. The van der Waals surface area contributed by atoms with Gasteiger partial charge in [0.25, 0.3) is 5.91 Å². The molecule has 1 atom stereocenters. The molecular formula is C19H22N2O3. The van der Waals surface area contributed by atoms with Gasteiger partial charge in [0, 0.05) is 17.8 Å². The lowest BCUT2D eigenvalue weighted by molar-refractivity contribution is 0.0951. The van der Waals surface area contributed by atoms with Crippen molar-refractivity contribution in [3.8, 4) is 0 Å². The Bertz CT molecular complexity index is 669. The number of amides is 2. The van der Waals surface area contributed by atoms with E-state index in [1.54, 1.807) is 31.2 Å². The number of hydrogen-bond donors (Lipinski definition) is 2. The Balaban J connectivity index is 1.87. The molecule has 2 amide bonds. The van der Waals surface area contributed by atoms with Crippen LogP contribution < -0.4 is 10.6 Å². The highest BCUT2D eigenvalue weighted by Crippen LogP contribution is 2.14. The highest BCUT2D eigenvalue weighted by atomic mass is 16.5. The Morgan fingerprint density at radius 3 is 2.33 bits per heavy atom. The SMILES string of the molecule is CCOC(=O)Nc1ccc(C(=O)NC[C@@H](C)c2ccccc2)cc1. The van der Waals surface area contributed by atoms with Crippen LogP contribution >= 0.6 is 0 Å². The van der Waals surface area contributed by atoms with E-state index >= 15 is 0 Å². The Morgan fingerprint density at radius 1 is 1.04 bits per heavy atom. The van der Waals surface area contributed by atoms with E-state index in [1.165, 1.54) is 5.56 Å². The van der Waals surface area contributed by atoms with Crippen molar-refractivity contribution in [2.75, 3.05) is 18.5 Å². The van der Waals surface area contributed by atoms with Gasteiger partial charge in [-0.1, -0.05) is 37.3 Å². The minimum absolute atomic E-state index is 0.138. The molecule has 0 bridgehead atoms. The van der Waals surface area contributed by atoms with Crippen molar-refractivity contribution >= 4 is 17.7 Å². The lowest BCUT2D eigenvalue weighted by atomic mass is 10.0. The summed E-state index contributed by atoms with van der Waals surface area (Å²) >= 11 is 0. The highest BCUT2D eigenvalue weighted by molar-refractivity contribution is 5.95. The van der Waals surface area contributed by atoms with E-state index in [2.05, 4.69) is 17.6 Å². The molecule has 24 heavy (non-hydrogen) atoms. The maximum atomic E-state index is 12.2. The van der Waals surface area contributed by atoms with Gasteiger partial charge in [-0.15, -0.1) is 0 Å². The number of nitrogens with one attached hydrogen (secondary N) is 2. The molecule has 0 spiro atoms. The summed E-state index contributed by atoms with van der Waals surface area (Å²) in [6, 6.07) is 16.7. The van der Waals surface area contributed by atoms with Crippen LogP contribution in [0.25, 0.3) is 0 Å². The molecule has 0 fully saturated rings. The van der Waals surface area contributed by atoms with E-state index in [0.29, 0.717) is 24.4 Å². The Labute approximate surface area is 142 Å². The summed E-state index contributed by atoms with van der Waals surface area (Å²) in [6.07, 6.45) is -0.508. The Kier molecular flexibility index (Phi) is 6.37. The predicted molar refractivity (Wildman–Crippen MR) is 94.3 cm³/mol. The van der Waals surface area contributed by atoms with Crippen LogP contribution in [0, 0.1) is 0 Å². The third-order valence-electron chi connectivity index (χ3n) is 3.61. The lowest BCUT2D eigenvalue weighted by Gasteiger charge is -2.13. The van der Waals surface area contributed by atoms with E-state index in [-0.39, 0.29) is 11.8 Å². The molecule has 5 nitrogen and oxygen atoms in total. The molecule has 0 unspecified atom stereocenters. The van der Waals surface area contributed by atoms with Crippen molar-refractivity contribution in [3.05, 3.63) is 65.7 Å². The second-order valence-electron chi connectivity index (χ2n) is 5.44. The van der Waals surface area contributed by atoms with Crippen molar-refractivity contribution in [3.63, 3.8) is 0 Å². The van der Waals surface area contributed by atoms with Crippen LogP contribution in [0.5, 0.6) is 0 Å². The van der Waals surface area contributed by atoms with Crippen LogP contribution in [0.1, 0.15) is 35.7 Å². The molecule has 0 saturated carbocycles. The van der Waals surface area contributed by atoms with E-state index in [9.17, 15) is 9.59 Å². The third kappa shape index (κ3) is 5.12. The average molecular weight is 326 g/mol. The second kappa shape index (κ2) is 8.72. The normalized spacial score (nSPS) is 11.4. The first-order chi connectivity index (χ1) is 11.6. The maximum absolute atomic E-state index is 12.2. The molecule has 5 heteroatoms. The Morgan fingerprint density at radius 2 is 1.71 bits per heavy atom. The van der Waals surface area contributed by atoms with Gasteiger partial charge in [-0.2, -0.15) is 0 Å². The molecule has 0 saturated heterocycles. The quantitative estimate of drug-likeness (QED) is 0.848. The maximum Gasteiger partial charge on any atom is 0.411 e. The molecule has 2 aromatic rings. The first-order valence-electron chi connectivity index (χ1n) is 7.97. The van der Waals surface area contributed by atoms with Gasteiger partial charge in [-0.3, -0.25) is 10.1 Å². The molecule has 126 valence electrons. The predicted octanol–water partition coefficient (Wildman–Crippen LogP) is 3.79. The monoisotopic (exact) mass is 326 g/mol. The van der Waals surface area contributed by atoms with Crippen molar-refractivity contribution in [2.45, 2.75) is 19.8 Å². The number of benzene rings is 2. The largest absolute Gasteiger partial charge is 0.450 e. The zero-order valence-corrected chi connectivity index (χ0v) is 13.9. The minimum atomic E-state index is -0.508. The molecule has 2 N–H and O–H groups in total. The van der Waals surface area contributed by atoms with Crippen LogP contribution in [0.4, 0.5) is 10.5 Å². The first kappa shape index (κ1) is 17.5. The van der Waals surface area contributed by atoms with Crippen LogP contribution in [-0.2, 0) is 4.74 Å². The fourth-order valence-corrected chi connectivity index (χ4v) is 2.24. The van der Waals surface area contributed by atoms with E-state index < -0.39 is 6.09 Å². The van der Waals surface area contributed by atoms with E-state index in [4.69, 9.17) is 4.74 Å². The summed E-state index contributed by atoms with van der Waals surface area (Å²) < 4.78 is 4.80. The summed E-state index contributed by atoms with van der Waals surface area (Å²) in [7, 11) is 0. The van der Waals surface area contributed by atoms with Gasteiger partial charge in [0.2, 0.25) is 0 Å². The Hall–Kier alpha value is -2.82. The van der Waals surface area contributed by atoms with Crippen LogP contribution in [0.15, 0.2) is 54.6 Å². The van der Waals surface area contributed by atoms with Crippen LogP contribution in [0.2, 0.25) is 0 Å². The van der Waals surface area contributed by atoms with Crippen LogP contribution in [0.3, 0.4) is 0 Å². The molecule has 0 radical (unpaired) electrons. The summed E-state index contributed by atoms with van der Waals surface area (Å²) in [6.45, 7) is 4.68. The van der Waals surface area contributed by atoms with Gasteiger partial charge in [0.1, 0.15) is 0 Å². The van der Waals surface area contributed by atoms with Crippen molar-refractivity contribution in [1.82, 2.24) is 5.32 Å². The summed E-state index contributed by atoms with van der Waals surface area (Å²) in [4.78, 5) is 23.5. The van der Waals surface area contributed by atoms with Crippen LogP contribution in [-0.4, -0.2) is 25.2 Å². The van der Waals surface area contributed by atoms with Gasteiger partial charge in [-0.05, 0) is 42.7 Å². The number of carbonyl (C=O) groups is 2. The highest BCUT2D eigenvalue weighted by Gasteiger charge is 2.10. The molecule has 0 aliphatic heterocycles. The van der Waals surface area contributed by atoms with E-state index in [0.717, 1.165) is 0 Å². The minimum Gasteiger partial charge on any atom is -0.450 e. The average Bonchev–Trinajstić information content (AvgIpc) is 2.61. The zero-order chi connectivity index (χ0) is 17.4. The standard InChI is InChI=1S/C19H22N2O3/c1-3-24-19(23)21-17-11-9-16(10-12-17)18(22)20-13-14(2)15-7-5-4-6-8-15/h4-12,14H,3,13H2,1-2H3,(H,20,22)(H,21,23)/t14-/m1/s1. The fourth-order valence-electron chi connectivity index (χ4n) is 2.24. The molecular weight excluding hydrogens is 304 g/mol. The van der Waals surface area contributed by atoms with Gasteiger partial charge < -0.3 is 10.1 Å². The van der Waals surface area contributed by atoms with Gasteiger partial charge >= 0.3 is 6.09 Å². The van der Waals surface area contributed by atoms with E-state index in [1.807, 2.05) is 30.3 Å². The summed E-state index contributed by atoms with van der Waals surface area (Å²) in [5.41, 5.74) is 2.32. The number of hydrogen-bond acceptors (Lipinski definition) is 3. The second-order valence-corrected chi connectivity index (χ2v) is 5.44. The third-order valence-corrected chi connectivity index (χ3v) is 3.61. The van der Waals surface area contributed by atoms with Gasteiger partial charge in [-0.25, -0.2) is 4.79 Å². The zero-order valence-electron chi connectivity index (χ0n) is 13.9. The molecule has 2 aromatic carbocycles. The molecule has 0 aliphatic carbocycles. The molecule has 0 heterocycles. The summed E-state index contributed by atoms with van der Waals surface area (Å²) in [5.74, 6) is 0.0976. The topological polar surface area (TPSA) is 67.4 Å². The number of anilines is 1. The van der Waals surface area contributed by atoms with Crippen molar-refractivity contribution < 1.29 is 14.3 Å². The molecule has 0 aliphatic rings. The molecule has 2 rings (SSSR count). The molecule has 0 aromatic heterocycles. The lowest BCUT2D eigenvalue weighted by Crippen LogP contribution is -2.27. The number of carbonyl (C=O) groups excluding carboxylic acids is 2.